The number of aromatic nitrogens is 2. The van der Waals surface area contributed by atoms with E-state index >= 15 is 0 Å². The number of nitrogens with one attached hydrogen (secondary N) is 1. The molecule has 0 radical (unpaired) electrons. The molecule has 1 atom stereocenters. The summed E-state index contributed by atoms with van der Waals surface area (Å²) in [5, 5.41) is 0. The van der Waals surface area contributed by atoms with Gasteiger partial charge in [0.2, 0.25) is 0 Å². The first kappa shape index (κ1) is 11.3. The third kappa shape index (κ3) is 1.62. The fourth-order valence-corrected chi connectivity index (χ4v) is 2.78. The predicted octanol–water partition coefficient (Wildman–Crippen LogP) is 1.21. The fraction of sp³-hybridized carbons (Fsp3) is 0.462. The molecular weight excluding hydrogens is 230 g/mol. The molecule has 1 aromatic carbocycles. The number of nitrogens with zero attached hydrogens (tertiary/aromatic N) is 2. The number of ether oxygens (including phenoxy) is 1. The van der Waals surface area contributed by atoms with Gasteiger partial charge in [0.1, 0.15) is 11.3 Å². The van der Waals surface area contributed by atoms with Crippen LogP contribution in [0, 0.1) is 0 Å². The fourth-order valence-electron chi connectivity index (χ4n) is 2.78. The van der Waals surface area contributed by atoms with Crippen molar-refractivity contribution in [3.05, 3.63) is 28.7 Å². The largest absolute Gasteiger partial charge is 0.494 e. The summed E-state index contributed by atoms with van der Waals surface area (Å²) in [4.78, 5) is 17.3. The van der Waals surface area contributed by atoms with Crippen molar-refractivity contribution in [2.45, 2.75) is 12.5 Å². The predicted molar refractivity (Wildman–Crippen MR) is 70.3 cm³/mol. The van der Waals surface area contributed by atoms with Gasteiger partial charge in [-0.3, -0.25) is 4.57 Å². The number of imidazole rings is 1. The first-order valence-electron chi connectivity index (χ1n) is 6.16. The van der Waals surface area contributed by atoms with Gasteiger partial charge < -0.3 is 14.6 Å². The number of likely N-dealkylation sites (tertiary alicyclic amines) is 1. The number of aromatic amines is 1. The van der Waals surface area contributed by atoms with Crippen molar-refractivity contribution in [3.63, 3.8) is 0 Å². The van der Waals surface area contributed by atoms with Gasteiger partial charge in [0, 0.05) is 6.54 Å². The third-order valence-corrected chi connectivity index (χ3v) is 3.65. The van der Waals surface area contributed by atoms with Crippen LogP contribution < -0.4 is 10.4 Å². The Bertz CT molecular complexity index is 629. The topological polar surface area (TPSA) is 50.3 Å². The molecule has 0 saturated carbocycles. The van der Waals surface area contributed by atoms with E-state index in [2.05, 4.69) is 16.9 Å². The van der Waals surface area contributed by atoms with Crippen molar-refractivity contribution in [1.82, 2.24) is 14.5 Å². The maximum Gasteiger partial charge on any atom is 0.326 e. The Hall–Kier alpha value is -1.75. The van der Waals surface area contributed by atoms with Gasteiger partial charge in [0.05, 0.1) is 18.7 Å². The molecule has 0 bridgehead atoms. The third-order valence-electron chi connectivity index (χ3n) is 3.65. The van der Waals surface area contributed by atoms with E-state index < -0.39 is 0 Å². The van der Waals surface area contributed by atoms with Gasteiger partial charge in [-0.15, -0.1) is 0 Å². The van der Waals surface area contributed by atoms with Crippen LogP contribution in [-0.2, 0) is 0 Å². The van der Waals surface area contributed by atoms with Crippen molar-refractivity contribution in [3.8, 4) is 5.75 Å². The quantitative estimate of drug-likeness (QED) is 0.868. The second-order valence-corrected chi connectivity index (χ2v) is 4.86. The molecule has 0 aliphatic carbocycles. The lowest BCUT2D eigenvalue weighted by atomic mass is 10.2. The Labute approximate surface area is 105 Å². The monoisotopic (exact) mass is 247 g/mol. The van der Waals surface area contributed by atoms with E-state index in [9.17, 15) is 4.79 Å². The number of methoxy groups -OCH3 is 1. The average molecular weight is 247 g/mol. The average Bonchev–Trinajstić information content (AvgIpc) is 2.91. The molecule has 1 fully saturated rings. The summed E-state index contributed by atoms with van der Waals surface area (Å²) < 4.78 is 7.22. The second-order valence-electron chi connectivity index (χ2n) is 4.86. The summed E-state index contributed by atoms with van der Waals surface area (Å²) in [6.07, 6.45) is 1.00. The lowest BCUT2D eigenvalue weighted by molar-refractivity contribution is 0.389. The minimum absolute atomic E-state index is 0.0465. The summed E-state index contributed by atoms with van der Waals surface area (Å²) in [6, 6.07) is 5.93. The van der Waals surface area contributed by atoms with E-state index in [0.29, 0.717) is 0 Å². The van der Waals surface area contributed by atoms with Gasteiger partial charge in [-0.2, -0.15) is 0 Å². The zero-order valence-corrected chi connectivity index (χ0v) is 10.6. The van der Waals surface area contributed by atoms with E-state index in [1.54, 1.807) is 7.11 Å². The lowest BCUT2D eigenvalue weighted by Gasteiger charge is -2.13. The summed E-state index contributed by atoms with van der Waals surface area (Å²) >= 11 is 0. The Morgan fingerprint density at radius 3 is 2.94 bits per heavy atom. The number of likely N-dealkylation sites (N-methyl/N-ethyl adjacent to an activating group) is 1. The number of para-hydroxylation sites is 1. The van der Waals surface area contributed by atoms with Crippen molar-refractivity contribution in [2.24, 2.45) is 0 Å². The van der Waals surface area contributed by atoms with Crippen LogP contribution in [0.25, 0.3) is 11.0 Å². The highest BCUT2D eigenvalue weighted by atomic mass is 16.5. The smallest absolute Gasteiger partial charge is 0.326 e. The Balaban J connectivity index is 2.21. The summed E-state index contributed by atoms with van der Waals surface area (Å²) in [7, 11) is 3.72. The van der Waals surface area contributed by atoms with Gasteiger partial charge in [-0.1, -0.05) is 6.07 Å². The number of H-pyrrole nitrogens is 1. The maximum atomic E-state index is 12.1. The molecule has 1 saturated heterocycles. The second kappa shape index (κ2) is 4.17. The lowest BCUT2D eigenvalue weighted by Crippen LogP contribution is -2.24. The van der Waals surface area contributed by atoms with Crippen LogP contribution >= 0.6 is 0 Å². The summed E-state index contributed by atoms with van der Waals surface area (Å²) in [6.45, 7) is 1.93. The molecule has 1 aromatic heterocycles. The molecule has 1 aliphatic heterocycles. The van der Waals surface area contributed by atoms with Gasteiger partial charge in [-0.05, 0) is 32.1 Å². The van der Waals surface area contributed by atoms with Crippen molar-refractivity contribution in [1.29, 1.82) is 0 Å². The molecule has 0 amide bonds. The number of fused-ring (bicyclic) bond motifs is 1. The molecule has 1 aliphatic rings. The molecule has 5 heteroatoms. The number of benzene rings is 1. The van der Waals surface area contributed by atoms with Gasteiger partial charge in [0.15, 0.2) is 0 Å². The molecule has 2 aromatic rings. The summed E-state index contributed by atoms with van der Waals surface area (Å²) in [5.74, 6) is 0.750. The van der Waals surface area contributed by atoms with E-state index in [1.165, 1.54) is 0 Å². The van der Waals surface area contributed by atoms with E-state index in [1.807, 2.05) is 22.8 Å². The molecule has 96 valence electrons. The normalized spacial score (nSPS) is 20.7. The zero-order chi connectivity index (χ0) is 12.7. The van der Waals surface area contributed by atoms with E-state index in [-0.39, 0.29) is 11.7 Å². The van der Waals surface area contributed by atoms with Crippen molar-refractivity contribution >= 4 is 11.0 Å². The maximum absolute atomic E-state index is 12.1. The summed E-state index contributed by atoms with van der Waals surface area (Å²) in [5.41, 5.74) is 1.68. The van der Waals surface area contributed by atoms with Crippen LogP contribution in [0.15, 0.2) is 23.0 Å². The van der Waals surface area contributed by atoms with Gasteiger partial charge >= 0.3 is 5.69 Å². The minimum atomic E-state index is -0.0465. The number of hydrogen-bond acceptors (Lipinski definition) is 3. The van der Waals surface area contributed by atoms with Crippen molar-refractivity contribution in [2.75, 3.05) is 27.2 Å². The molecule has 1 N–H and O–H groups in total. The highest BCUT2D eigenvalue weighted by molar-refractivity contribution is 5.82. The molecule has 0 spiro atoms. The molecule has 2 heterocycles. The van der Waals surface area contributed by atoms with Crippen LogP contribution in [0.5, 0.6) is 5.75 Å². The van der Waals surface area contributed by atoms with Crippen LogP contribution in [0.2, 0.25) is 0 Å². The Kier molecular flexibility index (Phi) is 2.63. The van der Waals surface area contributed by atoms with E-state index in [4.69, 9.17) is 4.74 Å². The SMILES string of the molecule is COc1cccc2[nH]c(=O)n(C3CCN(C)C3)c12. The van der Waals surface area contributed by atoms with Crippen LogP contribution in [0.4, 0.5) is 0 Å². The van der Waals surface area contributed by atoms with Gasteiger partial charge in [0.25, 0.3) is 0 Å². The number of rotatable bonds is 2. The molecule has 18 heavy (non-hydrogen) atoms. The zero-order valence-electron chi connectivity index (χ0n) is 10.6. The first-order valence-corrected chi connectivity index (χ1v) is 6.16. The van der Waals surface area contributed by atoms with Gasteiger partial charge in [-0.25, -0.2) is 4.79 Å². The number of hydrogen-bond donors (Lipinski definition) is 1. The molecular formula is C13H17N3O2. The Morgan fingerprint density at radius 1 is 1.44 bits per heavy atom. The molecule has 1 unspecified atom stereocenters. The van der Waals surface area contributed by atoms with Crippen LogP contribution in [0.3, 0.4) is 0 Å². The van der Waals surface area contributed by atoms with E-state index in [0.717, 1.165) is 36.3 Å². The molecule has 3 rings (SSSR count). The first-order chi connectivity index (χ1) is 8.70. The highest BCUT2D eigenvalue weighted by Gasteiger charge is 2.25. The standard InChI is InChI=1S/C13H17N3O2/c1-15-7-6-9(8-15)16-12-10(14-13(16)17)4-3-5-11(12)18-2/h3-5,9H,6-8H2,1-2H3,(H,14,17). The Morgan fingerprint density at radius 2 is 2.28 bits per heavy atom. The highest BCUT2D eigenvalue weighted by Crippen LogP contribution is 2.28. The minimum Gasteiger partial charge on any atom is -0.494 e. The van der Waals surface area contributed by atoms with Crippen molar-refractivity contribution < 1.29 is 4.74 Å². The van der Waals surface area contributed by atoms with Crippen LogP contribution in [0.1, 0.15) is 12.5 Å². The molecule has 5 nitrogen and oxygen atoms in total. The van der Waals surface area contributed by atoms with Crippen LogP contribution in [-0.4, -0.2) is 41.7 Å².